The summed E-state index contributed by atoms with van der Waals surface area (Å²) in [6.07, 6.45) is 9.90. The van der Waals surface area contributed by atoms with Crippen molar-refractivity contribution in [3.8, 4) is 11.3 Å². The number of primary sulfonamides is 1. The van der Waals surface area contributed by atoms with Gasteiger partial charge in [0.25, 0.3) is 0 Å². The van der Waals surface area contributed by atoms with Gasteiger partial charge in [0, 0.05) is 5.92 Å². The Bertz CT molecular complexity index is 1030. The smallest absolute Gasteiger partial charge is 0.238 e. The Morgan fingerprint density at radius 3 is 2.52 bits per heavy atom. The zero-order chi connectivity index (χ0) is 20.4. The molecule has 3 N–H and O–H groups in total. The fourth-order valence-corrected chi connectivity index (χ4v) is 5.26. The molecule has 2 aromatic rings. The number of hydrogen-bond acceptors (Lipinski definition) is 4. The highest BCUT2D eigenvalue weighted by atomic mass is 32.2. The van der Waals surface area contributed by atoms with Crippen LogP contribution in [0.15, 0.2) is 59.0 Å². The Kier molecular flexibility index (Phi) is 5.72. The maximum absolute atomic E-state index is 11.8. The zero-order valence-corrected chi connectivity index (χ0v) is 17.2. The number of nitrogens with two attached hydrogens (primary N) is 1. The van der Waals surface area contributed by atoms with Crippen molar-refractivity contribution in [3.05, 3.63) is 64.7 Å². The molecule has 4 rings (SSSR count). The van der Waals surface area contributed by atoms with Crippen LogP contribution in [0.5, 0.6) is 0 Å². The Hall–Kier alpha value is -2.22. The number of aliphatic hydroxyl groups excluding tert-OH is 1. The molecule has 1 fully saturated rings. The van der Waals surface area contributed by atoms with Crippen molar-refractivity contribution in [2.24, 2.45) is 5.14 Å². The predicted octanol–water partition coefficient (Wildman–Crippen LogP) is 3.63. The molecule has 1 heterocycles. The molecule has 2 aliphatic carbocycles. The Morgan fingerprint density at radius 2 is 1.86 bits per heavy atom. The van der Waals surface area contributed by atoms with Gasteiger partial charge in [-0.3, -0.25) is 4.68 Å². The summed E-state index contributed by atoms with van der Waals surface area (Å²) in [7, 11) is -3.86. The molecule has 154 valence electrons. The normalized spacial score (nSPS) is 21.0. The molecule has 7 heteroatoms. The summed E-state index contributed by atoms with van der Waals surface area (Å²) in [5.74, 6) is 0.466. The molecule has 0 spiro atoms. The summed E-state index contributed by atoms with van der Waals surface area (Å²) in [4.78, 5) is 0.0113. The quantitative estimate of drug-likeness (QED) is 0.782. The van der Waals surface area contributed by atoms with Gasteiger partial charge in [0.15, 0.2) is 0 Å². The summed E-state index contributed by atoms with van der Waals surface area (Å²) in [5.41, 5.74) is 3.51. The molecular formula is C22H27N3O3S. The van der Waals surface area contributed by atoms with E-state index in [2.05, 4.69) is 18.2 Å². The van der Waals surface area contributed by atoms with Gasteiger partial charge < -0.3 is 5.11 Å². The molecule has 0 radical (unpaired) electrons. The number of nitrogens with zero attached hydrogens (tertiary/aromatic N) is 2. The summed E-state index contributed by atoms with van der Waals surface area (Å²) >= 11 is 0. The van der Waals surface area contributed by atoms with Crippen LogP contribution in [-0.2, 0) is 10.0 Å². The van der Waals surface area contributed by atoms with E-state index in [-0.39, 0.29) is 17.6 Å². The second kappa shape index (κ2) is 8.26. The monoisotopic (exact) mass is 413 g/mol. The average molecular weight is 414 g/mol. The molecule has 0 aliphatic heterocycles. The third-order valence-corrected chi connectivity index (χ3v) is 6.94. The van der Waals surface area contributed by atoms with Gasteiger partial charge in [0.1, 0.15) is 0 Å². The molecule has 6 nitrogen and oxygen atoms in total. The molecule has 0 bridgehead atoms. The third-order valence-electron chi connectivity index (χ3n) is 5.89. The first-order valence-electron chi connectivity index (χ1n) is 10.2. The van der Waals surface area contributed by atoms with Gasteiger partial charge in [0.2, 0.25) is 10.0 Å². The maximum atomic E-state index is 11.8. The molecule has 0 amide bonds. The molecule has 1 aromatic carbocycles. The number of benzene rings is 1. The summed E-state index contributed by atoms with van der Waals surface area (Å²) in [6.45, 7) is -0.379. The van der Waals surface area contributed by atoms with Crippen molar-refractivity contribution in [2.45, 2.75) is 50.5 Å². The van der Waals surface area contributed by atoms with Crippen LogP contribution in [0.2, 0.25) is 0 Å². The molecular weight excluding hydrogens is 386 g/mol. The van der Waals surface area contributed by atoms with Crippen molar-refractivity contribution in [2.75, 3.05) is 6.61 Å². The van der Waals surface area contributed by atoms with Crippen LogP contribution in [0, 0.1) is 0 Å². The van der Waals surface area contributed by atoms with E-state index in [0.717, 1.165) is 29.8 Å². The first-order chi connectivity index (χ1) is 14.0. The standard InChI is InChI=1S/C22H27N3O3S/c23-29(27,28)22-12-11-19(13-18(22)15-26)25-21(17-9-5-2-6-10-17)14-20(24-25)16-7-3-1-4-8-16/h2,5-6,9-10,12-14,16,19,26H,1,3-4,7-8,11,15H2,(H2,23,27,28). The molecule has 1 unspecified atom stereocenters. The first-order valence-corrected chi connectivity index (χ1v) is 11.7. The van der Waals surface area contributed by atoms with E-state index in [4.69, 9.17) is 10.2 Å². The fourth-order valence-electron chi connectivity index (χ4n) is 4.43. The topological polar surface area (TPSA) is 98.2 Å². The molecule has 1 aromatic heterocycles. The van der Waals surface area contributed by atoms with E-state index >= 15 is 0 Å². The van der Waals surface area contributed by atoms with E-state index < -0.39 is 10.0 Å². The van der Waals surface area contributed by atoms with Gasteiger partial charge in [-0.2, -0.15) is 5.10 Å². The number of rotatable bonds is 5. The largest absolute Gasteiger partial charge is 0.392 e. The maximum Gasteiger partial charge on any atom is 0.238 e. The van der Waals surface area contributed by atoms with Crippen molar-refractivity contribution in [1.82, 2.24) is 9.78 Å². The van der Waals surface area contributed by atoms with Gasteiger partial charge in [-0.15, -0.1) is 0 Å². The van der Waals surface area contributed by atoms with Crippen LogP contribution in [0.25, 0.3) is 11.3 Å². The minimum Gasteiger partial charge on any atom is -0.392 e. The fraction of sp³-hybridized carbons (Fsp3) is 0.409. The Balaban J connectivity index is 1.75. The first kappa shape index (κ1) is 20.1. The van der Waals surface area contributed by atoms with Crippen LogP contribution in [0.1, 0.15) is 56.2 Å². The lowest BCUT2D eigenvalue weighted by Gasteiger charge is -2.23. The third kappa shape index (κ3) is 4.22. The second-order valence-corrected chi connectivity index (χ2v) is 9.40. The van der Waals surface area contributed by atoms with Crippen molar-refractivity contribution < 1.29 is 13.5 Å². The second-order valence-electron chi connectivity index (χ2n) is 7.87. The van der Waals surface area contributed by atoms with E-state index in [1.165, 1.54) is 19.3 Å². The Labute approximate surface area is 171 Å². The van der Waals surface area contributed by atoms with Gasteiger partial charge in [-0.1, -0.05) is 61.7 Å². The SMILES string of the molecule is NS(=O)(=O)C1=CCC(n2nc(C3CCCCC3)cc2-c2ccccc2)C=C1CO. The summed E-state index contributed by atoms with van der Waals surface area (Å²) < 4.78 is 25.6. The lowest BCUT2D eigenvalue weighted by Crippen LogP contribution is -2.22. The highest BCUT2D eigenvalue weighted by molar-refractivity contribution is 7.93. The van der Waals surface area contributed by atoms with Gasteiger partial charge in [-0.25, -0.2) is 13.6 Å². The summed E-state index contributed by atoms with van der Waals surface area (Å²) in [6, 6.07) is 12.1. The van der Waals surface area contributed by atoms with Crippen LogP contribution < -0.4 is 5.14 Å². The molecule has 1 saturated carbocycles. The van der Waals surface area contributed by atoms with Crippen molar-refractivity contribution in [1.29, 1.82) is 0 Å². The highest BCUT2D eigenvalue weighted by Gasteiger charge is 2.27. The van der Waals surface area contributed by atoms with Gasteiger partial charge >= 0.3 is 0 Å². The lowest BCUT2D eigenvalue weighted by molar-refractivity contribution is 0.331. The molecule has 1 atom stereocenters. The van der Waals surface area contributed by atoms with Gasteiger partial charge in [0.05, 0.1) is 28.9 Å². The average Bonchev–Trinajstić information content (AvgIpc) is 3.19. The highest BCUT2D eigenvalue weighted by Crippen LogP contribution is 2.37. The van der Waals surface area contributed by atoms with E-state index in [0.29, 0.717) is 17.9 Å². The number of allylic oxidation sites excluding steroid dienone is 2. The van der Waals surface area contributed by atoms with E-state index in [9.17, 15) is 13.5 Å². The van der Waals surface area contributed by atoms with E-state index in [1.54, 1.807) is 12.2 Å². The van der Waals surface area contributed by atoms with E-state index in [1.807, 2.05) is 22.9 Å². The van der Waals surface area contributed by atoms with Crippen LogP contribution in [0.4, 0.5) is 0 Å². The minimum absolute atomic E-state index is 0.0113. The van der Waals surface area contributed by atoms with Crippen LogP contribution >= 0.6 is 0 Å². The zero-order valence-electron chi connectivity index (χ0n) is 16.4. The van der Waals surface area contributed by atoms with Crippen molar-refractivity contribution >= 4 is 10.0 Å². The van der Waals surface area contributed by atoms with Crippen molar-refractivity contribution in [3.63, 3.8) is 0 Å². The number of hydrogen-bond donors (Lipinski definition) is 2. The lowest BCUT2D eigenvalue weighted by atomic mass is 9.87. The molecule has 29 heavy (non-hydrogen) atoms. The number of aliphatic hydroxyl groups is 1. The molecule has 2 aliphatic rings. The minimum atomic E-state index is -3.86. The number of sulfonamides is 1. The van der Waals surface area contributed by atoms with Crippen LogP contribution in [-0.4, -0.2) is 29.9 Å². The van der Waals surface area contributed by atoms with Crippen LogP contribution in [0.3, 0.4) is 0 Å². The number of aromatic nitrogens is 2. The predicted molar refractivity (Wildman–Crippen MR) is 114 cm³/mol. The van der Waals surface area contributed by atoms with Gasteiger partial charge in [-0.05, 0) is 36.5 Å². The molecule has 0 saturated heterocycles. The summed E-state index contributed by atoms with van der Waals surface area (Å²) in [5, 5.41) is 20.0. The Morgan fingerprint density at radius 1 is 1.14 bits per heavy atom.